The van der Waals surface area contributed by atoms with Gasteiger partial charge in [0.2, 0.25) is 0 Å². The van der Waals surface area contributed by atoms with Gasteiger partial charge in [0.25, 0.3) is 0 Å². The lowest BCUT2D eigenvalue weighted by molar-refractivity contribution is 0.247. The van der Waals surface area contributed by atoms with E-state index in [1.54, 1.807) is 0 Å². The maximum Gasteiger partial charge on any atom is 0.312 e. The second-order valence-corrected chi connectivity index (χ2v) is 3.29. The zero-order chi connectivity index (χ0) is 9.97. The fourth-order valence-corrected chi connectivity index (χ4v) is 1.62. The Morgan fingerprint density at radius 2 is 2.36 bits per heavy atom. The third-order valence-electron chi connectivity index (χ3n) is 2.32. The van der Waals surface area contributed by atoms with Gasteiger partial charge in [-0.15, -0.1) is 0 Å². The van der Waals surface area contributed by atoms with Crippen molar-refractivity contribution < 1.29 is 9.53 Å². The van der Waals surface area contributed by atoms with E-state index in [1.807, 2.05) is 24.3 Å². The van der Waals surface area contributed by atoms with Crippen molar-refractivity contribution >= 4 is 6.03 Å². The van der Waals surface area contributed by atoms with Crippen LogP contribution in [0.2, 0.25) is 0 Å². The van der Waals surface area contributed by atoms with Gasteiger partial charge in [0.1, 0.15) is 5.75 Å². The lowest BCUT2D eigenvalue weighted by atomic mass is 10.0. The lowest BCUT2D eigenvalue weighted by Crippen LogP contribution is -2.33. The fourth-order valence-electron chi connectivity index (χ4n) is 1.62. The van der Waals surface area contributed by atoms with Gasteiger partial charge in [0.15, 0.2) is 0 Å². The summed E-state index contributed by atoms with van der Waals surface area (Å²) < 4.78 is 5.45. The average molecular weight is 192 g/mol. The van der Waals surface area contributed by atoms with Gasteiger partial charge < -0.3 is 15.8 Å². The van der Waals surface area contributed by atoms with E-state index in [0.29, 0.717) is 13.2 Å². The molecule has 1 aliphatic heterocycles. The Hall–Kier alpha value is -1.71. The fraction of sp³-hybridized carbons (Fsp3) is 0.300. The number of carbonyl (C=O) groups is 1. The predicted molar refractivity (Wildman–Crippen MR) is 52.3 cm³/mol. The molecule has 2 rings (SSSR count). The summed E-state index contributed by atoms with van der Waals surface area (Å²) in [6.07, 6.45) is 0. The van der Waals surface area contributed by atoms with Crippen LogP contribution >= 0.6 is 0 Å². The largest absolute Gasteiger partial charge is 0.493 e. The summed E-state index contributed by atoms with van der Waals surface area (Å²) in [6, 6.07) is 7.34. The van der Waals surface area contributed by atoms with Gasteiger partial charge in [-0.1, -0.05) is 18.2 Å². The molecule has 0 saturated heterocycles. The Bertz CT molecular complexity index is 352. The molecule has 0 saturated carbocycles. The van der Waals surface area contributed by atoms with E-state index in [1.165, 1.54) is 0 Å². The quantitative estimate of drug-likeness (QED) is 0.729. The highest BCUT2D eigenvalue weighted by molar-refractivity contribution is 5.71. The third kappa shape index (κ3) is 1.64. The minimum Gasteiger partial charge on any atom is -0.493 e. The molecule has 14 heavy (non-hydrogen) atoms. The van der Waals surface area contributed by atoms with E-state index in [0.717, 1.165) is 11.3 Å². The van der Waals surface area contributed by atoms with Crippen molar-refractivity contribution in [1.29, 1.82) is 0 Å². The van der Waals surface area contributed by atoms with Crippen molar-refractivity contribution in [2.24, 2.45) is 5.73 Å². The van der Waals surface area contributed by atoms with Crippen LogP contribution in [0, 0.1) is 0 Å². The van der Waals surface area contributed by atoms with Crippen LogP contribution in [-0.2, 0) is 0 Å². The van der Waals surface area contributed by atoms with E-state index in [9.17, 15) is 4.79 Å². The van der Waals surface area contributed by atoms with Crippen molar-refractivity contribution in [2.75, 3.05) is 13.2 Å². The molecule has 1 atom stereocenters. The first-order valence-electron chi connectivity index (χ1n) is 4.52. The van der Waals surface area contributed by atoms with Crippen LogP contribution in [0.15, 0.2) is 24.3 Å². The van der Waals surface area contributed by atoms with Gasteiger partial charge >= 0.3 is 6.03 Å². The number of ether oxygens (including phenoxy) is 1. The van der Waals surface area contributed by atoms with Crippen molar-refractivity contribution in [2.45, 2.75) is 5.92 Å². The van der Waals surface area contributed by atoms with Gasteiger partial charge in [-0.05, 0) is 6.07 Å². The summed E-state index contributed by atoms with van der Waals surface area (Å²) in [7, 11) is 0. The first-order valence-corrected chi connectivity index (χ1v) is 4.52. The number of hydrogen-bond acceptors (Lipinski definition) is 2. The first kappa shape index (κ1) is 8.87. The van der Waals surface area contributed by atoms with Crippen LogP contribution in [0.25, 0.3) is 0 Å². The molecule has 3 N–H and O–H groups in total. The van der Waals surface area contributed by atoms with Crippen LogP contribution in [0.1, 0.15) is 11.5 Å². The number of rotatable bonds is 2. The molecule has 1 aromatic carbocycles. The van der Waals surface area contributed by atoms with Crippen LogP contribution in [0.4, 0.5) is 4.79 Å². The first-order chi connectivity index (χ1) is 6.77. The topological polar surface area (TPSA) is 64.4 Å². The molecule has 0 aliphatic carbocycles. The Labute approximate surface area is 82.1 Å². The van der Waals surface area contributed by atoms with Gasteiger partial charge in [0.05, 0.1) is 6.61 Å². The highest BCUT2D eigenvalue weighted by Gasteiger charge is 2.23. The highest BCUT2D eigenvalue weighted by Crippen LogP contribution is 2.32. The molecule has 0 spiro atoms. The number of fused-ring (bicyclic) bond motifs is 1. The zero-order valence-corrected chi connectivity index (χ0v) is 7.69. The van der Waals surface area contributed by atoms with Crippen LogP contribution in [-0.4, -0.2) is 19.2 Å². The van der Waals surface area contributed by atoms with Crippen molar-refractivity contribution in [3.8, 4) is 5.75 Å². The number of benzene rings is 1. The molecule has 0 aromatic heterocycles. The van der Waals surface area contributed by atoms with Gasteiger partial charge in [-0.3, -0.25) is 0 Å². The van der Waals surface area contributed by atoms with Gasteiger partial charge in [0, 0.05) is 18.0 Å². The summed E-state index contributed by atoms with van der Waals surface area (Å²) in [6.45, 7) is 1.14. The maximum atomic E-state index is 10.5. The molecule has 0 radical (unpaired) electrons. The number of amides is 2. The number of nitrogens with one attached hydrogen (secondary N) is 1. The molecule has 1 aliphatic rings. The van der Waals surface area contributed by atoms with Crippen molar-refractivity contribution in [3.05, 3.63) is 29.8 Å². The summed E-state index contributed by atoms with van der Waals surface area (Å²) in [5, 5.41) is 2.59. The SMILES string of the molecule is NC(=O)NCC1COc2ccccc21. The zero-order valence-electron chi connectivity index (χ0n) is 7.69. The summed E-state index contributed by atoms with van der Waals surface area (Å²) in [5.74, 6) is 1.13. The molecule has 4 heteroatoms. The molecule has 1 aromatic rings. The molecule has 0 bridgehead atoms. The second kappa shape index (κ2) is 3.57. The van der Waals surface area contributed by atoms with Crippen molar-refractivity contribution in [3.63, 3.8) is 0 Å². The van der Waals surface area contributed by atoms with E-state index in [4.69, 9.17) is 10.5 Å². The molecule has 74 valence electrons. The van der Waals surface area contributed by atoms with Crippen LogP contribution in [0.5, 0.6) is 5.75 Å². The molecule has 1 heterocycles. The molecule has 1 unspecified atom stereocenters. The predicted octanol–water partition coefficient (Wildman–Crippen LogP) is 0.831. The van der Waals surface area contributed by atoms with Gasteiger partial charge in [-0.2, -0.15) is 0 Å². The maximum absolute atomic E-state index is 10.5. The molecular weight excluding hydrogens is 180 g/mol. The number of nitrogens with two attached hydrogens (primary N) is 1. The minimum atomic E-state index is -0.491. The molecular formula is C10H12N2O2. The average Bonchev–Trinajstić information content (AvgIpc) is 2.58. The summed E-state index contributed by atoms with van der Waals surface area (Å²) in [5.41, 5.74) is 6.14. The standard InChI is InChI=1S/C10H12N2O2/c11-10(13)12-5-7-6-14-9-4-2-1-3-8(7)9/h1-4,7H,5-6H2,(H3,11,12,13). The van der Waals surface area contributed by atoms with E-state index in [2.05, 4.69) is 5.32 Å². The Morgan fingerprint density at radius 3 is 3.14 bits per heavy atom. The normalized spacial score (nSPS) is 18.4. The molecule has 4 nitrogen and oxygen atoms in total. The molecule has 2 amide bonds. The van der Waals surface area contributed by atoms with E-state index >= 15 is 0 Å². The smallest absolute Gasteiger partial charge is 0.312 e. The monoisotopic (exact) mass is 192 g/mol. The number of urea groups is 1. The number of para-hydroxylation sites is 1. The summed E-state index contributed by atoms with van der Waals surface area (Å²) in [4.78, 5) is 10.5. The van der Waals surface area contributed by atoms with Crippen molar-refractivity contribution in [1.82, 2.24) is 5.32 Å². The number of carbonyl (C=O) groups excluding carboxylic acids is 1. The van der Waals surface area contributed by atoms with E-state index < -0.39 is 6.03 Å². The molecule has 0 fully saturated rings. The summed E-state index contributed by atoms with van der Waals surface area (Å²) >= 11 is 0. The van der Waals surface area contributed by atoms with Crippen LogP contribution in [0.3, 0.4) is 0 Å². The second-order valence-electron chi connectivity index (χ2n) is 3.29. The van der Waals surface area contributed by atoms with E-state index in [-0.39, 0.29) is 5.92 Å². The minimum absolute atomic E-state index is 0.221. The lowest BCUT2D eigenvalue weighted by Gasteiger charge is -2.08. The van der Waals surface area contributed by atoms with Gasteiger partial charge in [-0.25, -0.2) is 4.79 Å². The highest BCUT2D eigenvalue weighted by atomic mass is 16.5. The number of hydrogen-bond donors (Lipinski definition) is 2. The van der Waals surface area contributed by atoms with Crippen LogP contribution < -0.4 is 15.8 Å². The Balaban J connectivity index is 2.07. The Kier molecular flexibility index (Phi) is 2.26. The Morgan fingerprint density at radius 1 is 1.57 bits per heavy atom. The third-order valence-corrected chi connectivity index (χ3v) is 2.32. The number of primary amides is 1.